The van der Waals surface area contributed by atoms with Gasteiger partial charge in [-0.15, -0.1) is 0 Å². The summed E-state index contributed by atoms with van der Waals surface area (Å²) < 4.78 is 2.43. The Bertz CT molecular complexity index is 4570. The quantitative estimate of drug-likeness (QED) is 0.135. The summed E-state index contributed by atoms with van der Waals surface area (Å²) in [6.45, 7) is 0.0298. The molecular weight excluding hydrogens is 996 g/mol. The molecule has 0 unspecified atom stereocenters. The van der Waals surface area contributed by atoms with Gasteiger partial charge in [-0.3, -0.25) is 0 Å². The van der Waals surface area contributed by atoms with Crippen molar-refractivity contribution < 1.29 is 0 Å². The fourth-order valence-electron chi connectivity index (χ4n) is 12.7. The summed E-state index contributed by atoms with van der Waals surface area (Å²) in [7, 11) is 0. The first kappa shape index (κ1) is 47.1. The van der Waals surface area contributed by atoms with E-state index in [1.807, 2.05) is 36.4 Å². The molecular formula is C75H49BN6. The van der Waals surface area contributed by atoms with Crippen LogP contribution >= 0.6 is 0 Å². The third kappa shape index (κ3) is 7.85. The molecule has 2 aromatic heterocycles. The summed E-state index contributed by atoms with van der Waals surface area (Å²) in [4.78, 5) is 20.5. The first-order chi connectivity index (χ1) is 40.7. The summed E-state index contributed by atoms with van der Waals surface area (Å²) in [5, 5.41) is 2.38. The highest BCUT2D eigenvalue weighted by atomic mass is 15.2. The molecule has 14 aromatic rings. The van der Waals surface area contributed by atoms with Gasteiger partial charge in [-0.25, -0.2) is 15.0 Å². The number of nitrogens with zero attached hydrogens (tertiary/aromatic N) is 6. The van der Waals surface area contributed by atoms with Crippen LogP contribution < -0.4 is 26.2 Å². The molecule has 6 nitrogen and oxygen atoms in total. The first-order valence-corrected chi connectivity index (χ1v) is 28.0. The van der Waals surface area contributed by atoms with Crippen LogP contribution in [0.25, 0.3) is 95.0 Å². The van der Waals surface area contributed by atoms with E-state index in [2.05, 4.69) is 275 Å². The van der Waals surface area contributed by atoms with Gasteiger partial charge in [0.2, 0.25) is 0 Å². The van der Waals surface area contributed by atoms with Crippen molar-refractivity contribution in [2.75, 3.05) is 9.80 Å². The van der Waals surface area contributed by atoms with Gasteiger partial charge in [-0.05, 0) is 129 Å². The SMILES string of the molecule is c1ccc(-c2ccc3c(c2)c2ccccc2n3-c2ccc(-c3nc(-c4ccccc4)nc(-c4ccccc4)n3)cc2-c2ccc(-c3cc4c5c(c3)N(c3ccccc3)c3ccccc3B5c3ccccc3N4c3ccccc3)cc2)cc1. The number of anilines is 6. The number of hydrogen-bond acceptors (Lipinski definition) is 5. The molecule has 382 valence electrons. The number of aromatic nitrogens is 4. The fourth-order valence-corrected chi connectivity index (χ4v) is 12.7. The number of hydrogen-bond donors (Lipinski definition) is 0. The Labute approximate surface area is 476 Å². The minimum absolute atomic E-state index is 0.0298. The molecule has 2 aliphatic heterocycles. The van der Waals surface area contributed by atoms with Crippen LogP contribution in [0.3, 0.4) is 0 Å². The van der Waals surface area contributed by atoms with Crippen LogP contribution in [0.2, 0.25) is 0 Å². The maximum Gasteiger partial charge on any atom is 0.252 e. The van der Waals surface area contributed by atoms with E-state index in [4.69, 9.17) is 15.0 Å². The predicted octanol–water partition coefficient (Wildman–Crippen LogP) is 17.1. The number of rotatable bonds is 9. The van der Waals surface area contributed by atoms with Gasteiger partial charge in [0.15, 0.2) is 17.5 Å². The van der Waals surface area contributed by atoms with E-state index in [1.165, 1.54) is 61.0 Å². The molecule has 0 spiro atoms. The lowest BCUT2D eigenvalue weighted by molar-refractivity contribution is 1.07. The standard InChI is InChI=1S/C75H49BN6/c1-6-22-50(23-7-1)55-42-44-67-62(46-55)60-32-16-19-35-65(60)82(67)66-45-43-56(75-78-73(53-24-8-2-9-25-53)77-74(79-75)54-26-10-3-11-27-54)47-61(66)52-40-38-51(39-41-52)57-48-70-72-71(49-57)81(59-30-14-5-15-31-59)69-37-21-18-34-64(69)76(72)63-33-17-20-36-68(63)80(70)58-28-12-4-13-29-58/h1-49H. The maximum absolute atomic E-state index is 5.23. The monoisotopic (exact) mass is 1040 g/mol. The van der Waals surface area contributed by atoms with Crippen molar-refractivity contribution >= 4 is 79.0 Å². The van der Waals surface area contributed by atoms with E-state index in [-0.39, 0.29) is 6.71 Å². The molecule has 0 aliphatic carbocycles. The molecule has 0 saturated carbocycles. The Hall–Kier alpha value is -10.9. The summed E-state index contributed by atoms with van der Waals surface area (Å²) >= 11 is 0. The highest BCUT2D eigenvalue weighted by molar-refractivity contribution is 7.00. The Kier molecular flexibility index (Phi) is 11.2. The average Bonchev–Trinajstić information content (AvgIpc) is 3.38. The number of benzene rings is 12. The highest BCUT2D eigenvalue weighted by Gasteiger charge is 2.43. The first-order valence-electron chi connectivity index (χ1n) is 28.0. The van der Waals surface area contributed by atoms with Crippen molar-refractivity contribution in [3.05, 3.63) is 297 Å². The van der Waals surface area contributed by atoms with Crippen LogP contribution in [-0.2, 0) is 0 Å². The highest BCUT2D eigenvalue weighted by Crippen LogP contribution is 2.47. The molecule has 0 saturated heterocycles. The number of fused-ring (bicyclic) bond motifs is 7. The molecule has 0 amide bonds. The molecule has 16 rings (SSSR count). The zero-order valence-electron chi connectivity index (χ0n) is 44.6. The lowest BCUT2D eigenvalue weighted by Gasteiger charge is -2.44. The molecule has 82 heavy (non-hydrogen) atoms. The van der Waals surface area contributed by atoms with E-state index < -0.39 is 0 Å². The molecule has 12 aromatic carbocycles. The second kappa shape index (κ2) is 19.5. The molecule has 0 N–H and O–H groups in total. The van der Waals surface area contributed by atoms with E-state index in [1.54, 1.807) is 0 Å². The Balaban J connectivity index is 0.906. The summed E-state index contributed by atoms with van der Waals surface area (Å²) in [5.41, 5.74) is 23.6. The van der Waals surface area contributed by atoms with Crippen molar-refractivity contribution in [3.8, 4) is 73.2 Å². The topological polar surface area (TPSA) is 50.1 Å². The van der Waals surface area contributed by atoms with Gasteiger partial charge < -0.3 is 14.4 Å². The second-order valence-electron chi connectivity index (χ2n) is 21.1. The van der Waals surface area contributed by atoms with E-state index in [0.717, 1.165) is 67.0 Å². The van der Waals surface area contributed by atoms with Crippen LogP contribution in [0.15, 0.2) is 297 Å². The predicted molar refractivity (Wildman–Crippen MR) is 341 cm³/mol. The summed E-state index contributed by atoms with van der Waals surface area (Å²) in [6, 6.07) is 107. The van der Waals surface area contributed by atoms with Gasteiger partial charge in [0.1, 0.15) is 0 Å². The van der Waals surface area contributed by atoms with Gasteiger partial charge in [0, 0.05) is 67.2 Å². The molecule has 7 heteroatoms. The fraction of sp³-hybridized carbons (Fsp3) is 0. The van der Waals surface area contributed by atoms with Gasteiger partial charge in [-0.2, -0.15) is 0 Å². The van der Waals surface area contributed by atoms with Gasteiger partial charge in [-0.1, -0.05) is 212 Å². The lowest BCUT2D eigenvalue weighted by atomic mass is 9.33. The molecule has 0 bridgehead atoms. The molecule has 2 aliphatic rings. The van der Waals surface area contributed by atoms with E-state index in [9.17, 15) is 0 Å². The van der Waals surface area contributed by atoms with Crippen LogP contribution in [0.5, 0.6) is 0 Å². The largest absolute Gasteiger partial charge is 0.311 e. The maximum atomic E-state index is 5.23. The average molecular weight is 1050 g/mol. The van der Waals surface area contributed by atoms with Gasteiger partial charge >= 0.3 is 0 Å². The second-order valence-corrected chi connectivity index (χ2v) is 21.1. The Morgan fingerprint density at radius 2 is 0.683 bits per heavy atom. The van der Waals surface area contributed by atoms with Crippen LogP contribution in [0.1, 0.15) is 0 Å². The van der Waals surface area contributed by atoms with Crippen molar-refractivity contribution in [1.82, 2.24) is 19.5 Å². The molecule has 0 atom stereocenters. The van der Waals surface area contributed by atoms with Crippen LogP contribution in [-0.4, -0.2) is 26.2 Å². The van der Waals surface area contributed by atoms with E-state index >= 15 is 0 Å². The van der Waals surface area contributed by atoms with Crippen LogP contribution in [0.4, 0.5) is 34.1 Å². The van der Waals surface area contributed by atoms with Crippen molar-refractivity contribution in [3.63, 3.8) is 0 Å². The van der Waals surface area contributed by atoms with Crippen LogP contribution in [0, 0.1) is 0 Å². The summed E-state index contributed by atoms with van der Waals surface area (Å²) in [6.07, 6.45) is 0. The third-order valence-corrected chi connectivity index (χ3v) is 16.4. The number of para-hydroxylation sites is 5. The molecule has 0 radical (unpaired) electrons. The van der Waals surface area contributed by atoms with Crippen molar-refractivity contribution in [2.24, 2.45) is 0 Å². The van der Waals surface area contributed by atoms with Gasteiger partial charge in [0.05, 0.1) is 16.7 Å². The zero-order valence-corrected chi connectivity index (χ0v) is 44.6. The third-order valence-electron chi connectivity index (χ3n) is 16.4. The summed E-state index contributed by atoms with van der Waals surface area (Å²) in [5.74, 6) is 1.84. The smallest absolute Gasteiger partial charge is 0.252 e. The minimum atomic E-state index is 0.0298. The van der Waals surface area contributed by atoms with Gasteiger partial charge in [0.25, 0.3) is 6.71 Å². The van der Waals surface area contributed by atoms with Crippen molar-refractivity contribution in [1.29, 1.82) is 0 Å². The zero-order chi connectivity index (χ0) is 54.1. The van der Waals surface area contributed by atoms with Crippen molar-refractivity contribution in [2.45, 2.75) is 0 Å². The Morgan fingerprint density at radius 1 is 0.256 bits per heavy atom. The lowest BCUT2D eigenvalue weighted by Crippen LogP contribution is -2.61. The minimum Gasteiger partial charge on any atom is -0.311 e. The van der Waals surface area contributed by atoms with E-state index in [0.29, 0.717) is 17.5 Å². The molecule has 4 heterocycles. The Morgan fingerprint density at radius 3 is 1.26 bits per heavy atom. The molecule has 0 fully saturated rings. The normalized spacial score (nSPS) is 12.3.